The van der Waals surface area contributed by atoms with Gasteiger partial charge in [-0.15, -0.1) is 11.3 Å². The highest BCUT2D eigenvalue weighted by molar-refractivity contribution is 7.86. The second-order valence-corrected chi connectivity index (χ2v) is 10.0. The predicted molar refractivity (Wildman–Crippen MR) is 119 cm³/mol. The molecule has 2 aromatic rings. The number of hydrogen-bond acceptors (Lipinski definition) is 8. The topological polar surface area (TPSA) is 105 Å². The quantitative estimate of drug-likeness (QED) is 0.574. The first-order valence-electron chi connectivity index (χ1n) is 10.2. The molecule has 2 aromatic heterocycles. The summed E-state index contributed by atoms with van der Waals surface area (Å²) < 4.78 is 38.9. The largest absolute Gasteiger partial charge is 0.480 e. The fourth-order valence-electron chi connectivity index (χ4n) is 3.67. The lowest BCUT2D eigenvalue weighted by molar-refractivity contribution is 0.0698. The monoisotopic (exact) mass is 471 g/mol. The molecule has 0 bridgehead atoms. The number of methoxy groups -OCH3 is 2. The van der Waals surface area contributed by atoms with Crippen LogP contribution >= 0.6 is 11.3 Å². The Balaban J connectivity index is 1.82. The molecule has 1 amide bonds. The van der Waals surface area contributed by atoms with Crippen LogP contribution in [0.1, 0.15) is 34.9 Å². The molecule has 0 unspecified atom stereocenters. The van der Waals surface area contributed by atoms with Crippen molar-refractivity contribution < 1.29 is 22.7 Å². The third-order valence-corrected chi connectivity index (χ3v) is 8.71. The van der Waals surface area contributed by atoms with Crippen molar-refractivity contribution in [3.05, 3.63) is 16.3 Å². The van der Waals surface area contributed by atoms with Crippen molar-refractivity contribution in [3.63, 3.8) is 0 Å². The summed E-state index contributed by atoms with van der Waals surface area (Å²) in [5, 5.41) is 0.721. The molecule has 0 aromatic carbocycles. The number of piperazine rings is 1. The van der Waals surface area contributed by atoms with Crippen LogP contribution in [0.2, 0.25) is 0 Å². The van der Waals surface area contributed by atoms with Gasteiger partial charge in [0.1, 0.15) is 11.4 Å². The first-order chi connectivity index (χ1) is 14.8. The van der Waals surface area contributed by atoms with Crippen LogP contribution in [0.4, 0.5) is 0 Å². The molecule has 0 radical (unpaired) electrons. The molecular weight excluding hydrogens is 442 g/mol. The molecule has 172 valence electrons. The average molecular weight is 472 g/mol. The van der Waals surface area contributed by atoms with Crippen LogP contribution in [0.15, 0.2) is 0 Å². The number of ether oxygens (including phenoxy) is 2. The molecule has 3 rings (SSSR count). The minimum atomic E-state index is -3.50. The van der Waals surface area contributed by atoms with Gasteiger partial charge in [-0.3, -0.25) is 4.79 Å². The number of fused-ring (bicyclic) bond motifs is 1. The van der Waals surface area contributed by atoms with E-state index in [9.17, 15) is 13.2 Å². The molecule has 31 heavy (non-hydrogen) atoms. The summed E-state index contributed by atoms with van der Waals surface area (Å²) in [4.78, 5) is 25.1. The van der Waals surface area contributed by atoms with E-state index in [2.05, 4.69) is 9.97 Å². The molecule has 0 N–H and O–H groups in total. The molecule has 0 aliphatic carbocycles. The Morgan fingerprint density at radius 2 is 1.77 bits per heavy atom. The van der Waals surface area contributed by atoms with E-state index in [0.29, 0.717) is 47.6 Å². The lowest BCUT2D eigenvalue weighted by Crippen LogP contribution is -2.54. The SMILES string of the molecule is CCN(CC)S(=O)(=O)N1CCN(C(=O)c2sc3nc(COC)nc(OC)c3c2C)CC1. The number of thiophene rings is 1. The predicted octanol–water partition coefficient (Wildman–Crippen LogP) is 1.50. The highest BCUT2D eigenvalue weighted by atomic mass is 32.2. The maximum absolute atomic E-state index is 13.2. The molecule has 1 fully saturated rings. The van der Waals surface area contributed by atoms with Crippen LogP contribution in [0.25, 0.3) is 10.2 Å². The van der Waals surface area contributed by atoms with Crippen LogP contribution < -0.4 is 4.74 Å². The van der Waals surface area contributed by atoms with E-state index in [1.54, 1.807) is 12.0 Å². The Hall–Kier alpha value is -1.86. The first-order valence-corrected chi connectivity index (χ1v) is 12.4. The molecular formula is C19H29N5O5S2. The van der Waals surface area contributed by atoms with E-state index in [4.69, 9.17) is 9.47 Å². The van der Waals surface area contributed by atoms with E-state index >= 15 is 0 Å². The summed E-state index contributed by atoms with van der Waals surface area (Å²) in [5.41, 5.74) is 0.768. The number of hydrogen-bond donors (Lipinski definition) is 0. The second-order valence-electron chi connectivity index (χ2n) is 7.10. The standard InChI is InChI=1S/C19H29N5O5S2/c1-6-23(7-2)31(26,27)24-10-8-22(9-11-24)19(25)16-13(3)15-17(29-5)20-14(12-28-4)21-18(15)30-16/h6-12H2,1-5H3. The van der Waals surface area contributed by atoms with Gasteiger partial charge in [0.2, 0.25) is 5.88 Å². The van der Waals surface area contributed by atoms with Crippen molar-refractivity contribution in [1.82, 2.24) is 23.5 Å². The van der Waals surface area contributed by atoms with Crippen molar-refractivity contribution >= 4 is 37.7 Å². The molecule has 10 nitrogen and oxygen atoms in total. The number of carbonyl (C=O) groups excluding carboxylic acids is 1. The Morgan fingerprint density at radius 1 is 1.13 bits per heavy atom. The Morgan fingerprint density at radius 3 is 2.32 bits per heavy atom. The zero-order chi connectivity index (χ0) is 22.8. The van der Waals surface area contributed by atoms with Crippen molar-refractivity contribution in [2.45, 2.75) is 27.4 Å². The molecule has 1 saturated heterocycles. The number of aromatic nitrogens is 2. The maximum Gasteiger partial charge on any atom is 0.282 e. The lowest BCUT2D eigenvalue weighted by Gasteiger charge is -2.36. The summed E-state index contributed by atoms with van der Waals surface area (Å²) >= 11 is 1.30. The van der Waals surface area contributed by atoms with Crippen molar-refractivity contribution in [2.24, 2.45) is 0 Å². The summed E-state index contributed by atoms with van der Waals surface area (Å²) in [6.07, 6.45) is 0. The van der Waals surface area contributed by atoms with E-state index in [0.717, 1.165) is 10.9 Å². The highest BCUT2D eigenvalue weighted by Crippen LogP contribution is 2.36. The number of carbonyl (C=O) groups is 1. The minimum absolute atomic E-state index is 0.129. The van der Waals surface area contributed by atoms with Gasteiger partial charge in [0.25, 0.3) is 16.1 Å². The third kappa shape index (κ3) is 4.53. The van der Waals surface area contributed by atoms with E-state index in [-0.39, 0.29) is 25.6 Å². The van der Waals surface area contributed by atoms with Gasteiger partial charge in [0, 0.05) is 46.4 Å². The van der Waals surface area contributed by atoms with Gasteiger partial charge in [0.05, 0.1) is 17.4 Å². The van der Waals surface area contributed by atoms with Crippen molar-refractivity contribution in [3.8, 4) is 5.88 Å². The Bertz CT molecular complexity index is 1040. The number of aryl methyl sites for hydroxylation is 1. The summed E-state index contributed by atoms with van der Waals surface area (Å²) in [5.74, 6) is 0.776. The minimum Gasteiger partial charge on any atom is -0.480 e. The lowest BCUT2D eigenvalue weighted by atomic mass is 10.2. The number of amides is 1. The van der Waals surface area contributed by atoms with Gasteiger partial charge in [0.15, 0.2) is 5.82 Å². The number of rotatable bonds is 8. The highest BCUT2D eigenvalue weighted by Gasteiger charge is 2.33. The maximum atomic E-state index is 13.2. The van der Waals surface area contributed by atoms with E-state index in [1.807, 2.05) is 20.8 Å². The van der Waals surface area contributed by atoms with Gasteiger partial charge >= 0.3 is 0 Å². The van der Waals surface area contributed by atoms with Crippen LogP contribution in [0, 0.1) is 6.92 Å². The fraction of sp³-hybridized carbons (Fsp3) is 0.632. The second kappa shape index (κ2) is 9.74. The third-order valence-electron chi connectivity index (χ3n) is 5.35. The smallest absolute Gasteiger partial charge is 0.282 e. The number of nitrogens with zero attached hydrogens (tertiary/aromatic N) is 5. The zero-order valence-electron chi connectivity index (χ0n) is 18.5. The summed E-state index contributed by atoms with van der Waals surface area (Å²) in [7, 11) is -0.403. The first kappa shape index (κ1) is 23.8. The fourth-order valence-corrected chi connectivity index (χ4v) is 6.43. The van der Waals surface area contributed by atoms with Crippen LogP contribution in [-0.2, 0) is 21.6 Å². The molecule has 1 aliphatic heterocycles. The molecule has 3 heterocycles. The molecule has 0 spiro atoms. The van der Waals surface area contributed by atoms with E-state index < -0.39 is 10.2 Å². The van der Waals surface area contributed by atoms with E-state index in [1.165, 1.54) is 27.1 Å². The molecule has 12 heteroatoms. The average Bonchev–Trinajstić information content (AvgIpc) is 3.10. The zero-order valence-corrected chi connectivity index (χ0v) is 20.2. The van der Waals surface area contributed by atoms with Crippen LogP contribution in [0.5, 0.6) is 5.88 Å². The van der Waals surface area contributed by atoms with Crippen LogP contribution in [-0.4, -0.2) is 91.3 Å². The molecule has 1 aliphatic rings. The summed E-state index contributed by atoms with van der Waals surface area (Å²) in [6, 6.07) is 0. The normalized spacial score (nSPS) is 15.7. The molecule has 0 atom stereocenters. The van der Waals surface area contributed by atoms with Gasteiger partial charge in [-0.05, 0) is 12.5 Å². The van der Waals surface area contributed by atoms with Gasteiger partial charge in [-0.1, -0.05) is 13.8 Å². The van der Waals surface area contributed by atoms with Crippen molar-refractivity contribution in [1.29, 1.82) is 0 Å². The Labute approximate surface area is 186 Å². The Kier molecular flexibility index (Phi) is 7.47. The van der Waals surface area contributed by atoms with Gasteiger partial charge < -0.3 is 14.4 Å². The van der Waals surface area contributed by atoms with Gasteiger partial charge in [-0.2, -0.15) is 22.0 Å². The van der Waals surface area contributed by atoms with Crippen LogP contribution in [0.3, 0.4) is 0 Å². The summed E-state index contributed by atoms with van der Waals surface area (Å²) in [6.45, 7) is 7.81. The van der Waals surface area contributed by atoms with Crippen molar-refractivity contribution in [2.75, 3.05) is 53.5 Å². The van der Waals surface area contributed by atoms with Gasteiger partial charge in [-0.25, -0.2) is 4.98 Å². The molecule has 0 saturated carbocycles.